The van der Waals surface area contributed by atoms with E-state index in [4.69, 9.17) is 5.73 Å². The summed E-state index contributed by atoms with van der Waals surface area (Å²) in [7, 11) is 0. The molecule has 0 spiro atoms. The summed E-state index contributed by atoms with van der Waals surface area (Å²) in [4.78, 5) is 8.21. The van der Waals surface area contributed by atoms with Crippen LogP contribution in [0.25, 0.3) is 5.69 Å². The van der Waals surface area contributed by atoms with Gasteiger partial charge in [-0.05, 0) is 18.6 Å². The Balaban J connectivity index is 2.36. The van der Waals surface area contributed by atoms with E-state index < -0.39 is 0 Å². The summed E-state index contributed by atoms with van der Waals surface area (Å²) >= 11 is 0. The monoisotopic (exact) mass is 202 g/mol. The Labute approximate surface area is 88.8 Å². The number of aryl methyl sites for hydroxylation is 1. The van der Waals surface area contributed by atoms with Crippen LogP contribution in [0.5, 0.6) is 0 Å². The summed E-state index contributed by atoms with van der Waals surface area (Å²) < 4.78 is 2.04. The number of nitrogens with two attached hydrogens (primary N) is 1. The molecule has 0 saturated carbocycles. The van der Waals surface area contributed by atoms with Crippen LogP contribution >= 0.6 is 0 Å². The van der Waals surface area contributed by atoms with Crippen LogP contribution in [0, 0.1) is 0 Å². The normalized spacial score (nSPS) is 10.5. The molecule has 0 aromatic carbocycles. The van der Waals surface area contributed by atoms with Gasteiger partial charge in [0.05, 0.1) is 18.2 Å². The number of nitrogen functional groups attached to an aromatic ring is 1. The van der Waals surface area contributed by atoms with E-state index in [0.717, 1.165) is 18.5 Å². The average Bonchev–Trinajstić information content (AvgIpc) is 2.68. The molecule has 78 valence electrons. The van der Waals surface area contributed by atoms with Gasteiger partial charge in [0.2, 0.25) is 0 Å². The highest BCUT2D eigenvalue weighted by Gasteiger charge is 2.03. The minimum atomic E-state index is 0.538. The van der Waals surface area contributed by atoms with E-state index in [2.05, 4.69) is 16.9 Å². The van der Waals surface area contributed by atoms with Crippen molar-refractivity contribution >= 4 is 5.82 Å². The minimum absolute atomic E-state index is 0.538. The summed E-state index contributed by atoms with van der Waals surface area (Å²) in [5.41, 5.74) is 7.74. The zero-order valence-corrected chi connectivity index (χ0v) is 8.72. The van der Waals surface area contributed by atoms with Gasteiger partial charge in [0.15, 0.2) is 0 Å². The third kappa shape index (κ3) is 1.98. The fourth-order valence-electron chi connectivity index (χ4n) is 1.54. The third-order valence-electron chi connectivity index (χ3n) is 2.27. The van der Waals surface area contributed by atoms with E-state index in [9.17, 15) is 0 Å². The molecule has 0 saturated heterocycles. The van der Waals surface area contributed by atoms with Crippen LogP contribution in [0.4, 0.5) is 5.82 Å². The highest BCUT2D eigenvalue weighted by atomic mass is 15.1. The fourth-order valence-corrected chi connectivity index (χ4v) is 1.54. The molecule has 0 aliphatic heterocycles. The van der Waals surface area contributed by atoms with Crippen molar-refractivity contribution in [3.05, 3.63) is 36.5 Å². The summed E-state index contributed by atoms with van der Waals surface area (Å²) in [5.74, 6) is 0.538. The van der Waals surface area contributed by atoms with Crippen molar-refractivity contribution in [1.29, 1.82) is 0 Å². The van der Waals surface area contributed by atoms with Crippen LogP contribution in [-0.2, 0) is 6.42 Å². The first-order valence-corrected chi connectivity index (χ1v) is 5.04. The smallest absolute Gasteiger partial charge is 0.123 e. The Bertz CT molecular complexity index is 430. The summed E-state index contributed by atoms with van der Waals surface area (Å²) in [6.45, 7) is 2.15. The molecule has 4 heteroatoms. The highest BCUT2D eigenvalue weighted by Crippen LogP contribution is 2.12. The minimum Gasteiger partial charge on any atom is -0.384 e. The number of rotatable bonds is 3. The van der Waals surface area contributed by atoms with Gasteiger partial charge in [-0.1, -0.05) is 13.3 Å². The lowest BCUT2D eigenvalue weighted by atomic mass is 10.2. The zero-order chi connectivity index (χ0) is 10.7. The Morgan fingerprint density at radius 3 is 2.87 bits per heavy atom. The molecule has 0 atom stereocenters. The topological polar surface area (TPSA) is 56.7 Å². The maximum Gasteiger partial charge on any atom is 0.123 e. The van der Waals surface area contributed by atoms with Gasteiger partial charge in [-0.15, -0.1) is 0 Å². The van der Waals surface area contributed by atoms with Crippen LogP contribution in [0.1, 0.15) is 19.0 Å². The maximum atomic E-state index is 5.54. The molecule has 0 radical (unpaired) electrons. The lowest BCUT2D eigenvalue weighted by Gasteiger charge is -2.06. The van der Waals surface area contributed by atoms with Gasteiger partial charge in [-0.2, -0.15) is 0 Å². The third-order valence-corrected chi connectivity index (χ3v) is 2.27. The van der Waals surface area contributed by atoms with Crippen molar-refractivity contribution in [2.45, 2.75) is 19.8 Å². The van der Waals surface area contributed by atoms with Gasteiger partial charge in [0.1, 0.15) is 5.82 Å². The van der Waals surface area contributed by atoms with Crippen molar-refractivity contribution in [2.24, 2.45) is 0 Å². The van der Waals surface area contributed by atoms with E-state index in [1.807, 2.05) is 16.8 Å². The molecule has 4 nitrogen and oxygen atoms in total. The van der Waals surface area contributed by atoms with Crippen molar-refractivity contribution in [1.82, 2.24) is 14.5 Å². The van der Waals surface area contributed by atoms with Crippen molar-refractivity contribution in [3.63, 3.8) is 0 Å². The van der Waals surface area contributed by atoms with Crippen LogP contribution in [0.2, 0.25) is 0 Å². The molecule has 2 aromatic heterocycles. The molecule has 0 unspecified atom stereocenters. The van der Waals surface area contributed by atoms with Crippen molar-refractivity contribution in [3.8, 4) is 5.69 Å². The summed E-state index contributed by atoms with van der Waals surface area (Å²) in [5, 5.41) is 0. The highest BCUT2D eigenvalue weighted by molar-refractivity contribution is 5.38. The lowest BCUT2D eigenvalue weighted by molar-refractivity contribution is 0.841. The molecule has 0 aliphatic carbocycles. The largest absolute Gasteiger partial charge is 0.384 e. The number of pyridine rings is 1. The SMILES string of the molecule is CCCc1cncn1-c1ccc(N)nc1. The Morgan fingerprint density at radius 2 is 2.20 bits per heavy atom. The van der Waals surface area contributed by atoms with Gasteiger partial charge in [-0.25, -0.2) is 9.97 Å². The molecule has 0 bridgehead atoms. The summed E-state index contributed by atoms with van der Waals surface area (Å²) in [6, 6.07) is 3.74. The second kappa shape index (κ2) is 4.13. The number of hydrogen-bond donors (Lipinski definition) is 1. The van der Waals surface area contributed by atoms with E-state index in [0.29, 0.717) is 5.82 Å². The quantitative estimate of drug-likeness (QED) is 0.825. The molecule has 0 amide bonds. The van der Waals surface area contributed by atoms with Crippen LogP contribution in [0.15, 0.2) is 30.9 Å². The second-order valence-corrected chi connectivity index (χ2v) is 3.45. The second-order valence-electron chi connectivity index (χ2n) is 3.45. The first-order chi connectivity index (χ1) is 7.31. The molecule has 0 fully saturated rings. The van der Waals surface area contributed by atoms with Gasteiger partial charge >= 0.3 is 0 Å². The van der Waals surface area contributed by atoms with E-state index in [1.165, 1.54) is 5.69 Å². The van der Waals surface area contributed by atoms with Gasteiger partial charge < -0.3 is 10.3 Å². The molecule has 15 heavy (non-hydrogen) atoms. The van der Waals surface area contributed by atoms with E-state index >= 15 is 0 Å². The standard InChI is InChI=1S/C11H14N4/c1-2-3-9-6-13-8-15(9)10-4-5-11(12)14-7-10/h4-8H,2-3H2,1H3,(H2,12,14). The Hall–Kier alpha value is -1.84. The van der Waals surface area contributed by atoms with Crippen molar-refractivity contribution in [2.75, 3.05) is 5.73 Å². The number of hydrogen-bond acceptors (Lipinski definition) is 3. The molecule has 2 aromatic rings. The van der Waals surface area contributed by atoms with Crippen LogP contribution < -0.4 is 5.73 Å². The van der Waals surface area contributed by atoms with Gasteiger partial charge in [-0.3, -0.25) is 0 Å². The lowest BCUT2D eigenvalue weighted by Crippen LogP contribution is -2.00. The maximum absolute atomic E-state index is 5.54. The molecule has 2 rings (SSSR count). The van der Waals surface area contributed by atoms with E-state index in [-0.39, 0.29) is 0 Å². The number of nitrogens with zero attached hydrogens (tertiary/aromatic N) is 3. The van der Waals surface area contributed by atoms with Gasteiger partial charge in [0.25, 0.3) is 0 Å². The zero-order valence-electron chi connectivity index (χ0n) is 8.72. The van der Waals surface area contributed by atoms with Crippen LogP contribution in [-0.4, -0.2) is 14.5 Å². The molecule has 0 aliphatic rings. The number of aromatic nitrogens is 3. The van der Waals surface area contributed by atoms with E-state index in [1.54, 1.807) is 18.6 Å². The van der Waals surface area contributed by atoms with Gasteiger partial charge in [0, 0.05) is 11.9 Å². The van der Waals surface area contributed by atoms with Crippen LogP contribution in [0.3, 0.4) is 0 Å². The first kappa shape index (κ1) is 9.71. The Morgan fingerprint density at radius 1 is 1.33 bits per heavy atom. The predicted molar refractivity (Wildman–Crippen MR) is 59.8 cm³/mol. The summed E-state index contributed by atoms with van der Waals surface area (Å²) in [6.07, 6.45) is 7.58. The molecule has 2 heterocycles. The predicted octanol–water partition coefficient (Wildman–Crippen LogP) is 1.80. The molecule has 2 N–H and O–H groups in total. The number of anilines is 1. The molecular weight excluding hydrogens is 188 g/mol. The molecular formula is C11H14N4. The first-order valence-electron chi connectivity index (χ1n) is 5.04. The number of imidazole rings is 1. The average molecular weight is 202 g/mol. The Kier molecular flexibility index (Phi) is 2.67. The van der Waals surface area contributed by atoms with Crippen molar-refractivity contribution < 1.29 is 0 Å². The fraction of sp³-hybridized carbons (Fsp3) is 0.273.